The molecule has 0 radical (unpaired) electrons. The summed E-state index contributed by atoms with van der Waals surface area (Å²) in [5, 5.41) is 2.83. The van der Waals surface area contributed by atoms with Crippen LogP contribution in [0, 0.1) is 17.5 Å². The topological polar surface area (TPSA) is 50.2 Å². The lowest BCUT2D eigenvalue weighted by atomic mass is 10.0. The highest BCUT2D eigenvalue weighted by atomic mass is 19.2. The summed E-state index contributed by atoms with van der Waals surface area (Å²) in [4.78, 5) is 18.4. The van der Waals surface area contributed by atoms with Crippen LogP contribution in [0.15, 0.2) is 23.0 Å². The average Bonchev–Trinajstić information content (AvgIpc) is 2.96. The van der Waals surface area contributed by atoms with Crippen molar-refractivity contribution < 1.29 is 14.6 Å². The van der Waals surface area contributed by atoms with E-state index in [0.717, 1.165) is 37.7 Å². The third-order valence-corrected chi connectivity index (χ3v) is 4.85. The first-order chi connectivity index (χ1) is 12.0. The molecule has 0 bridgehead atoms. The Labute approximate surface area is 151 Å². The molecule has 0 aliphatic carbocycles. The van der Waals surface area contributed by atoms with Gasteiger partial charge in [-0.3, -0.25) is 4.57 Å². The van der Waals surface area contributed by atoms with E-state index in [2.05, 4.69) is 15.2 Å². The zero-order chi connectivity index (χ0) is 17.6. The van der Waals surface area contributed by atoms with Crippen molar-refractivity contribution in [1.82, 2.24) is 9.55 Å². The quantitative estimate of drug-likeness (QED) is 0.842. The van der Waals surface area contributed by atoms with Crippen molar-refractivity contribution in [2.75, 3.05) is 16.8 Å². The van der Waals surface area contributed by atoms with Gasteiger partial charge in [0.15, 0.2) is 11.6 Å². The van der Waals surface area contributed by atoms with Gasteiger partial charge in [-0.2, -0.15) is 4.98 Å². The Bertz CT molecular complexity index is 890. The second kappa shape index (κ2) is 7.01. The van der Waals surface area contributed by atoms with Gasteiger partial charge in [-0.05, 0) is 25.3 Å². The van der Waals surface area contributed by atoms with Gasteiger partial charge in [0.25, 0.3) is 0 Å². The lowest BCUT2D eigenvalue weighted by molar-refractivity contribution is 0.458. The van der Waals surface area contributed by atoms with Gasteiger partial charge in [0.05, 0.1) is 0 Å². The van der Waals surface area contributed by atoms with E-state index in [9.17, 15) is 18.0 Å². The lowest BCUT2D eigenvalue weighted by Gasteiger charge is -2.30. The lowest BCUT2D eigenvalue weighted by Crippen LogP contribution is -2.36. The van der Waals surface area contributed by atoms with E-state index in [1.54, 1.807) is 10.6 Å². The largest absolute Gasteiger partial charge is 0.366 e. The van der Waals surface area contributed by atoms with Gasteiger partial charge >= 0.3 is 5.69 Å². The standard InChI is InChI=1S/C17H17F3N4O.CH4.H2/c18-12-6-14(20)13(19)5-10(12)8-21-15-7-16-23-4-2-1-3-11(23)9-24(16)17(25)22-15;;/h5-7,11H,1-4,8-9H2,(H,21,22,25);1H4;1H. The number of nitrogens with one attached hydrogen (secondary N) is 1. The molecule has 0 amide bonds. The van der Waals surface area contributed by atoms with Crippen molar-refractivity contribution in [2.45, 2.75) is 45.8 Å². The number of piperidine rings is 1. The molecule has 2 aliphatic rings. The van der Waals surface area contributed by atoms with Crippen LogP contribution in [0.5, 0.6) is 0 Å². The molecule has 3 heterocycles. The maximum Gasteiger partial charge on any atom is 0.351 e. The number of anilines is 2. The second-order valence-electron chi connectivity index (χ2n) is 6.45. The van der Waals surface area contributed by atoms with E-state index in [0.29, 0.717) is 24.5 Å². The molecule has 0 spiro atoms. The van der Waals surface area contributed by atoms with Gasteiger partial charge in [0.2, 0.25) is 0 Å². The van der Waals surface area contributed by atoms with Crippen LogP contribution in [0.2, 0.25) is 0 Å². The van der Waals surface area contributed by atoms with E-state index >= 15 is 0 Å². The van der Waals surface area contributed by atoms with E-state index in [1.807, 2.05) is 0 Å². The zero-order valence-corrected chi connectivity index (χ0v) is 13.4. The third kappa shape index (κ3) is 3.15. The van der Waals surface area contributed by atoms with Crippen molar-refractivity contribution in [3.05, 3.63) is 51.7 Å². The fourth-order valence-electron chi connectivity index (χ4n) is 3.58. The minimum Gasteiger partial charge on any atom is -0.366 e. The highest BCUT2D eigenvalue weighted by Crippen LogP contribution is 2.31. The SMILES string of the molecule is C.O=c1nc(NCc2cc(F)c(F)cc2F)cc2n1CC1CCCCN21.[HH]. The third-order valence-electron chi connectivity index (χ3n) is 4.85. The number of nitrogens with zero attached hydrogens (tertiary/aromatic N) is 3. The number of benzene rings is 1. The first kappa shape index (κ1) is 18.3. The normalized spacial score (nSPS) is 18.1. The Morgan fingerprint density at radius 2 is 1.92 bits per heavy atom. The number of hydrogen-bond acceptors (Lipinski definition) is 4. The number of aromatic nitrogens is 2. The summed E-state index contributed by atoms with van der Waals surface area (Å²) < 4.78 is 41.6. The molecule has 1 aromatic heterocycles. The zero-order valence-electron chi connectivity index (χ0n) is 13.4. The molecular weight excluding hydrogens is 345 g/mol. The van der Waals surface area contributed by atoms with Crippen molar-refractivity contribution in [1.29, 1.82) is 0 Å². The van der Waals surface area contributed by atoms with E-state index in [-0.39, 0.29) is 26.7 Å². The first-order valence-electron chi connectivity index (χ1n) is 8.29. The highest BCUT2D eigenvalue weighted by Gasteiger charge is 2.32. The van der Waals surface area contributed by atoms with Gasteiger partial charge in [-0.1, -0.05) is 7.43 Å². The summed E-state index contributed by atoms with van der Waals surface area (Å²) in [5.74, 6) is -2.09. The maximum absolute atomic E-state index is 13.7. The Kier molecular flexibility index (Phi) is 4.93. The molecule has 1 atom stereocenters. The molecule has 1 unspecified atom stereocenters. The Morgan fingerprint density at radius 1 is 1.15 bits per heavy atom. The number of halogens is 3. The molecular formula is C18H23F3N4O. The summed E-state index contributed by atoms with van der Waals surface area (Å²) >= 11 is 0. The minimum atomic E-state index is -1.23. The van der Waals surface area contributed by atoms with Crippen LogP contribution in [0.4, 0.5) is 24.8 Å². The summed E-state index contributed by atoms with van der Waals surface area (Å²) in [6.07, 6.45) is 3.28. The average molecular weight is 368 g/mol. The molecule has 5 nitrogen and oxygen atoms in total. The number of fused-ring (bicyclic) bond motifs is 3. The first-order valence-corrected chi connectivity index (χ1v) is 8.29. The van der Waals surface area contributed by atoms with Gasteiger partial charge in [0, 0.05) is 44.8 Å². The molecule has 1 aromatic carbocycles. The van der Waals surface area contributed by atoms with Gasteiger partial charge in [-0.15, -0.1) is 0 Å². The predicted molar refractivity (Wildman–Crippen MR) is 96.0 cm³/mol. The van der Waals surface area contributed by atoms with Crippen LogP contribution in [0.1, 0.15) is 33.7 Å². The maximum atomic E-state index is 13.7. The van der Waals surface area contributed by atoms with E-state index < -0.39 is 17.5 Å². The molecule has 2 aliphatic heterocycles. The van der Waals surface area contributed by atoms with Crippen LogP contribution in [0.3, 0.4) is 0 Å². The van der Waals surface area contributed by atoms with Gasteiger partial charge < -0.3 is 10.2 Å². The molecule has 1 N–H and O–H groups in total. The van der Waals surface area contributed by atoms with Crippen LogP contribution in [-0.2, 0) is 13.1 Å². The Hall–Kier alpha value is -2.51. The van der Waals surface area contributed by atoms with E-state index in [4.69, 9.17) is 0 Å². The molecule has 8 heteroatoms. The highest BCUT2D eigenvalue weighted by molar-refractivity contribution is 5.53. The van der Waals surface area contributed by atoms with Crippen molar-refractivity contribution in [3.63, 3.8) is 0 Å². The number of rotatable bonds is 3. The Morgan fingerprint density at radius 3 is 2.73 bits per heavy atom. The molecule has 1 saturated heterocycles. The molecule has 142 valence electrons. The van der Waals surface area contributed by atoms with Crippen molar-refractivity contribution >= 4 is 11.6 Å². The van der Waals surface area contributed by atoms with Gasteiger partial charge in [-0.25, -0.2) is 18.0 Å². The predicted octanol–water partition coefficient (Wildman–Crippen LogP) is 3.53. The van der Waals surface area contributed by atoms with Crippen LogP contribution < -0.4 is 15.9 Å². The van der Waals surface area contributed by atoms with Crippen LogP contribution in [0.25, 0.3) is 0 Å². The van der Waals surface area contributed by atoms with Crippen LogP contribution in [-0.4, -0.2) is 22.1 Å². The molecule has 1 fully saturated rings. The summed E-state index contributed by atoms with van der Waals surface area (Å²) in [6.45, 7) is 1.44. The molecule has 2 aromatic rings. The molecule has 26 heavy (non-hydrogen) atoms. The monoisotopic (exact) mass is 368 g/mol. The molecule has 0 saturated carbocycles. The number of hydrogen-bond donors (Lipinski definition) is 1. The second-order valence-corrected chi connectivity index (χ2v) is 6.45. The Balaban J connectivity index is 0.00000131. The van der Waals surface area contributed by atoms with Crippen molar-refractivity contribution in [2.24, 2.45) is 0 Å². The van der Waals surface area contributed by atoms with Crippen LogP contribution >= 0.6 is 0 Å². The summed E-state index contributed by atoms with van der Waals surface area (Å²) in [7, 11) is 0. The molecule has 4 rings (SSSR count). The van der Waals surface area contributed by atoms with Crippen molar-refractivity contribution in [3.8, 4) is 0 Å². The smallest absolute Gasteiger partial charge is 0.351 e. The summed E-state index contributed by atoms with van der Waals surface area (Å²) in [6, 6.07) is 3.39. The fraction of sp³-hybridized carbons (Fsp3) is 0.444. The fourth-order valence-corrected chi connectivity index (χ4v) is 3.58. The summed E-state index contributed by atoms with van der Waals surface area (Å²) in [5.41, 5.74) is -0.391. The van der Waals surface area contributed by atoms with Gasteiger partial charge in [0.1, 0.15) is 17.5 Å². The minimum absolute atomic E-state index is 0. The van der Waals surface area contributed by atoms with E-state index in [1.165, 1.54) is 0 Å².